The van der Waals surface area contributed by atoms with Crippen LogP contribution in [-0.4, -0.2) is 21.5 Å². The highest BCUT2D eigenvalue weighted by Crippen LogP contribution is 2.33. The number of benzene rings is 1. The highest BCUT2D eigenvalue weighted by molar-refractivity contribution is 5.84. The molecule has 1 aliphatic rings. The summed E-state index contributed by atoms with van der Waals surface area (Å²) in [5.74, 6) is -1.43. The van der Waals surface area contributed by atoms with Gasteiger partial charge in [0.05, 0.1) is 17.4 Å². The average Bonchev–Trinajstić information content (AvgIpc) is 3.25. The first kappa shape index (κ1) is 15.9. The minimum Gasteiger partial charge on any atom is -0.352 e. The summed E-state index contributed by atoms with van der Waals surface area (Å²) in [6.07, 6.45) is 3.77. The standard InChI is InChI=1S/C17H21F2N3O/c1-9(2)16(17(23)21-10(3)11-4-5-11)22-8-20-14-6-12(18)13(19)7-15(14)22/h6-11,16H,4-5H2,1-3H3,(H,21,23)/t10-,16+/m0/s1. The second-order valence-electron chi connectivity index (χ2n) is 6.73. The van der Waals surface area contributed by atoms with E-state index in [0.717, 1.165) is 25.0 Å². The summed E-state index contributed by atoms with van der Waals surface area (Å²) < 4.78 is 28.6. The lowest BCUT2D eigenvalue weighted by Crippen LogP contribution is -2.41. The normalized spacial score (nSPS) is 17.5. The molecule has 4 nitrogen and oxygen atoms in total. The molecule has 0 unspecified atom stereocenters. The second kappa shape index (κ2) is 5.91. The smallest absolute Gasteiger partial charge is 0.243 e. The van der Waals surface area contributed by atoms with Crippen molar-refractivity contribution in [1.82, 2.24) is 14.9 Å². The number of carbonyl (C=O) groups is 1. The quantitative estimate of drug-likeness (QED) is 0.917. The molecule has 23 heavy (non-hydrogen) atoms. The third-order valence-electron chi connectivity index (χ3n) is 4.52. The molecule has 1 aromatic heterocycles. The Morgan fingerprint density at radius 3 is 2.52 bits per heavy atom. The van der Waals surface area contributed by atoms with Crippen LogP contribution in [0.2, 0.25) is 0 Å². The van der Waals surface area contributed by atoms with Crippen LogP contribution in [0.3, 0.4) is 0 Å². The van der Waals surface area contributed by atoms with E-state index in [2.05, 4.69) is 10.3 Å². The van der Waals surface area contributed by atoms with E-state index in [1.807, 2.05) is 20.8 Å². The van der Waals surface area contributed by atoms with Crippen molar-refractivity contribution in [2.75, 3.05) is 0 Å². The Balaban J connectivity index is 1.94. The van der Waals surface area contributed by atoms with Crippen LogP contribution in [0.1, 0.15) is 39.7 Å². The highest BCUT2D eigenvalue weighted by Gasteiger charge is 2.32. The largest absolute Gasteiger partial charge is 0.352 e. The summed E-state index contributed by atoms with van der Waals surface area (Å²) in [5.41, 5.74) is 0.773. The highest BCUT2D eigenvalue weighted by atomic mass is 19.2. The number of nitrogens with zero attached hydrogens (tertiary/aromatic N) is 2. The third kappa shape index (κ3) is 3.07. The van der Waals surface area contributed by atoms with Crippen LogP contribution < -0.4 is 5.32 Å². The van der Waals surface area contributed by atoms with Gasteiger partial charge in [-0.2, -0.15) is 0 Å². The number of fused-ring (bicyclic) bond motifs is 1. The van der Waals surface area contributed by atoms with Gasteiger partial charge in [-0.05, 0) is 31.6 Å². The first-order chi connectivity index (χ1) is 10.9. The van der Waals surface area contributed by atoms with Crippen LogP contribution in [0, 0.1) is 23.5 Å². The van der Waals surface area contributed by atoms with Gasteiger partial charge in [0.1, 0.15) is 6.04 Å². The molecule has 1 N–H and O–H groups in total. The molecule has 1 aliphatic carbocycles. The van der Waals surface area contributed by atoms with E-state index >= 15 is 0 Å². The van der Waals surface area contributed by atoms with Gasteiger partial charge in [0.2, 0.25) is 5.91 Å². The van der Waals surface area contributed by atoms with Crippen LogP contribution in [0.5, 0.6) is 0 Å². The molecule has 0 aliphatic heterocycles. The van der Waals surface area contributed by atoms with Crippen molar-refractivity contribution in [2.45, 2.75) is 45.7 Å². The Labute approximate surface area is 133 Å². The van der Waals surface area contributed by atoms with E-state index in [1.54, 1.807) is 4.57 Å². The zero-order valence-electron chi connectivity index (χ0n) is 13.5. The predicted octanol–water partition coefficient (Wildman–Crippen LogP) is 3.43. The first-order valence-corrected chi connectivity index (χ1v) is 8.00. The average molecular weight is 321 g/mol. The van der Waals surface area contributed by atoms with Crippen molar-refractivity contribution in [3.63, 3.8) is 0 Å². The van der Waals surface area contributed by atoms with Crippen molar-refractivity contribution < 1.29 is 13.6 Å². The minimum atomic E-state index is -0.937. The first-order valence-electron chi connectivity index (χ1n) is 8.00. The van der Waals surface area contributed by atoms with E-state index in [0.29, 0.717) is 17.0 Å². The van der Waals surface area contributed by atoms with E-state index in [1.165, 1.54) is 6.33 Å². The number of imidazole rings is 1. The van der Waals surface area contributed by atoms with Gasteiger partial charge in [-0.25, -0.2) is 13.8 Å². The lowest BCUT2D eigenvalue weighted by Gasteiger charge is -2.24. The van der Waals surface area contributed by atoms with Crippen LogP contribution in [-0.2, 0) is 4.79 Å². The predicted molar refractivity (Wildman–Crippen MR) is 83.9 cm³/mol. The van der Waals surface area contributed by atoms with E-state index in [-0.39, 0.29) is 17.9 Å². The summed E-state index contributed by atoms with van der Waals surface area (Å²) in [7, 11) is 0. The summed E-state index contributed by atoms with van der Waals surface area (Å²) in [6.45, 7) is 5.86. The van der Waals surface area contributed by atoms with Gasteiger partial charge in [-0.1, -0.05) is 13.8 Å². The number of hydrogen-bond donors (Lipinski definition) is 1. The zero-order chi connectivity index (χ0) is 16.7. The molecule has 3 rings (SSSR count). The molecule has 1 aromatic carbocycles. The maximum absolute atomic E-state index is 13.6. The van der Waals surface area contributed by atoms with Crippen LogP contribution >= 0.6 is 0 Å². The van der Waals surface area contributed by atoms with Gasteiger partial charge in [-0.3, -0.25) is 4.79 Å². The van der Waals surface area contributed by atoms with E-state index in [4.69, 9.17) is 0 Å². The monoisotopic (exact) mass is 321 g/mol. The van der Waals surface area contributed by atoms with Crippen molar-refractivity contribution >= 4 is 16.9 Å². The van der Waals surface area contributed by atoms with Crippen molar-refractivity contribution in [3.8, 4) is 0 Å². The van der Waals surface area contributed by atoms with Crippen LogP contribution in [0.15, 0.2) is 18.5 Å². The van der Waals surface area contributed by atoms with Crippen LogP contribution in [0.25, 0.3) is 11.0 Å². The number of rotatable bonds is 5. The topological polar surface area (TPSA) is 46.9 Å². The molecule has 2 aromatic rings. The second-order valence-corrected chi connectivity index (χ2v) is 6.73. The van der Waals surface area contributed by atoms with Gasteiger partial charge in [0, 0.05) is 18.2 Å². The Kier molecular flexibility index (Phi) is 4.08. The number of carbonyl (C=O) groups excluding carboxylic acids is 1. The molecule has 1 fully saturated rings. The summed E-state index contributed by atoms with van der Waals surface area (Å²) >= 11 is 0. The number of aromatic nitrogens is 2. The molecule has 0 spiro atoms. The SMILES string of the molecule is CC(C)[C@H](C(=O)N[C@@H](C)C1CC1)n1cnc2cc(F)c(F)cc21. The lowest BCUT2D eigenvalue weighted by atomic mass is 10.0. The van der Waals surface area contributed by atoms with E-state index in [9.17, 15) is 13.6 Å². The molecular weight excluding hydrogens is 300 g/mol. The fourth-order valence-electron chi connectivity index (χ4n) is 3.02. The molecule has 0 saturated heterocycles. The molecule has 124 valence electrons. The zero-order valence-corrected chi connectivity index (χ0v) is 13.5. The molecule has 1 amide bonds. The Bertz CT molecular complexity index is 737. The van der Waals surface area contributed by atoms with Crippen LogP contribution in [0.4, 0.5) is 8.78 Å². The lowest BCUT2D eigenvalue weighted by molar-refractivity contribution is -0.126. The minimum absolute atomic E-state index is 0.00748. The maximum atomic E-state index is 13.6. The van der Waals surface area contributed by atoms with Gasteiger partial charge < -0.3 is 9.88 Å². The summed E-state index contributed by atoms with van der Waals surface area (Å²) in [4.78, 5) is 16.8. The number of nitrogens with one attached hydrogen (secondary N) is 1. The molecule has 1 saturated carbocycles. The van der Waals surface area contributed by atoms with Gasteiger partial charge in [0.15, 0.2) is 11.6 Å². The Morgan fingerprint density at radius 2 is 1.91 bits per heavy atom. The molecule has 6 heteroatoms. The summed E-state index contributed by atoms with van der Waals surface area (Å²) in [5, 5.41) is 3.05. The fraction of sp³-hybridized carbons (Fsp3) is 0.529. The van der Waals surface area contributed by atoms with Gasteiger partial charge >= 0.3 is 0 Å². The third-order valence-corrected chi connectivity index (χ3v) is 4.52. The van der Waals surface area contributed by atoms with Gasteiger partial charge in [0.25, 0.3) is 0 Å². The summed E-state index contributed by atoms with van der Waals surface area (Å²) in [6, 6.07) is 1.78. The Hall–Kier alpha value is -1.98. The number of halogens is 2. The molecule has 2 atom stereocenters. The molecule has 0 radical (unpaired) electrons. The maximum Gasteiger partial charge on any atom is 0.243 e. The fourth-order valence-corrected chi connectivity index (χ4v) is 3.02. The van der Waals surface area contributed by atoms with Crippen molar-refractivity contribution in [3.05, 3.63) is 30.1 Å². The number of hydrogen-bond acceptors (Lipinski definition) is 2. The molecular formula is C17H21F2N3O. The number of amides is 1. The molecule has 1 heterocycles. The molecule has 0 bridgehead atoms. The van der Waals surface area contributed by atoms with E-state index < -0.39 is 17.7 Å². The van der Waals surface area contributed by atoms with Crippen molar-refractivity contribution in [1.29, 1.82) is 0 Å². The van der Waals surface area contributed by atoms with Gasteiger partial charge in [-0.15, -0.1) is 0 Å². The van der Waals surface area contributed by atoms with Crippen molar-refractivity contribution in [2.24, 2.45) is 11.8 Å². The Morgan fingerprint density at radius 1 is 1.26 bits per heavy atom.